The standard InChI is InChI=1S/C27H34N2O5/c1-3-9-19(15-26(31)32)29-25(30)14-18(4-2)16-28-27(33)34-17-24-22-12-7-5-10-20(22)21-11-6-8-13-23(21)24/h5-8,10-13,18-19,24H,3-4,9,14-17H2,1-2H3,(H,28,33)(H,29,30)(H,31,32)/t18?,19-/m0/s1. The molecule has 3 rings (SSSR count). The van der Waals surface area contributed by atoms with Gasteiger partial charge < -0.3 is 20.5 Å². The van der Waals surface area contributed by atoms with Crippen molar-refractivity contribution in [3.05, 3.63) is 59.7 Å². The molecule has 0 fully saturated rings. The Morgan fingerprint density at radius 2 is 1.59 bits per heavy atom. The Balaban J connectivity index is 1.48. The summed E-state index contributed by atoms with van der Waals surface area (Å²) in [4.78, 5) is 35.8. The van der Waals surface area contributed by atoms with Crippen molar-refractivity contribution in [3.63, 3.8) is 0 Å². The van der Waals surface area contributed by atoms with Gasteiger partial charge in [0.05, 0.1) is 6.42 Å². The van der Waals surface area contributed by atoms with Crippen LogP contribution in [0.4, 0.5) is 4.79 Å². The van der Waals surface area contributed by atoms with Crippen LogP contribution in [0.2, 0.25) is 0 Å². The van der Waals surface area contributed by atoms with Crippen molar-refractivity contribution < 1.29 is 24.2 Å². The zero-order valence-electron chi connectivity index (χ0n) is 19.9. The number of ether oxygens (including phenoxy) is 1. The van der Waals surface area contributed by atoms with Crippen molar-refractivity contribution in [1.29, 1.82) is 0 Å². The molecule has 182 valence electrons. The van der Waals surface area contributed by atoms with Crippen molar-refractivity contribution in [2.45, 2.75) is 57.9 Å². The summed E-state index contributed by atoms with van der Waals surface area (Å²) in [5.74, 6) is -1.19. The van der Waals surface area contributed by atoms with E-state index in [0.29, 0.717) is 19.4 Å². The Morgan fingerprint density at radius 3 is 2.15 bits per heavy atom. The molecule has 2 aromatic carbocycles. The molecule has 1 aliphatic rings. The highest BCUT2D eigenvalue weighted by Crippen LogP contribution is 2.44. The molecule has 1 unspecified atom stereocenters. The molecule has 0 spiro atoms. The van der Waals surface area contributed by atoms with Gasteiger partial charge in [0.1, 0.15) is 6.61 Å². The molecule has 0 saturated carbocycles. The Bertz CT molecular complexity index is 961. The van der Waals surface area contributed by atoms with Crippen LogP contribution in [0.3, 0.4) is 0 Å². The van der Waals surface area contributed by atoms with Gasteiger partial charge in [0, 0.05) is 24.9 Å². The van der Waals surface area contributed by atoms with Crippen molar-refractivity contribution in [3.8, 4) is 11.1 Å². The van der Waals surface area contributed by atoms with Gasteiger partial charge in [-0.3, -0.25) is 9.59 Å². The molecule has 0 heterocycles. The van der Waals surface area contributed by atoms with Crippen molar-refractivity contribution in [1.82, 2.24) is 10.6 Å². The van der Waals surface area contributed by atoms with E-state index in [0.717, 1.165) is 17.5 Å². The lowest BCUT2D eigenvalue weighted by molar-refractivity contribution is -0.137. The number of amides is 2. The van der Waals surface area contributed by atoms with Crippen LogP contribution < -0.4 is 10.6 Å². The number of rotatable bonds is 12. The van der Waals surface area contributed by atoms with Gasteiger partial charge in [0.25, 0.3) is 0 Å². The van der Waals surface area contributed by atoms with E-state index in [9.17, 15) is 14.4 Å². The number of carbonyl (C=O) groups is 3. The molecule has 3 N–H and O–H groups in total. The SMILES string of the molecule is CCC[C@@H](CC(=O)O)NC(=O)CC(CC)CNC(=O)OCC1c2ccccc2-c2ccccc21. The maximum Gasteiger partial charge on any atom is 0.407 e. The fraction of sp³-hybridized carbons (Fsp3) is 0.444. The molecule has 2 atom stereocenters. The molecule has 0 aromatic heterocycles. The van der Waals surface area contributed by atoms with Crippen LogP contribution in [0.15, 0.2) is 48.5 Å². The molecular formula is C27H34N2O5. The highest BCUT2D eigenvalue weighted by atomic mass is 16.5. The topological polar surface area (TPSA) is 105 Å². The van der Waals surface area contributed by atoms with Crippen LogP contribution in [0.1, 0.15) is 63.0 Å². The smallest absolute Gasteiger partial charge is 0.407 e. The Labute approximate surface area is 200 Å². The minimum Gasteiger partial charge on any atom is -0.481 e. The second-order valence-corrected chi connectivity index (χ2v) is 8.84. The van der Waals surface area contributed by atoms with E-state index in [1.165, 1.54) is 11.1 Å². The summed E-state index contributed by atoms with van der Waals surface area (Å²) in [7, 11) is 0. The van der Waals surface area contributed by atoms with Crippen LogP contribution in [-0.4, -0.2) is 42.3 Å². The predicted octanol–water partition coefficient (Wildman–Crippen LogP) is 4.70. The summed E-state index contributed by atoms with van der Waals surface area (Å²) in [6.45, 7) is 4.47. The second-order valence-electron chi connectivity index (χ2n) is 8.84. The predicted molar refractivity (Wildman–Crippen MR) is 131 cm³/mol. The Kier molecular flexibility index (Phi) is 9.08. The molecule has 0 radical (unpaired) electrons. The van der Waals surface area contributed by atoms with Crippen LogP contribution in [0, 0.1) is 5.92 Å². The molecule has 7 heteroatoms. The van der Waals surface area contributed by atoms with Crippen LogP contribution in [-0.2, 0) is 14.3 Å². The molecule has 34 heavy (non-hydrogen) atoms. The largest absolute Gasteiger partial charge is 0.481 e. The van der Waals surface area contributed by atoms with E-state index < -0.39 is 12.1 Å². The average Bonchev–Trinajstić information content (AvgIpc) is 3.14. The zero-order valence-corrected chi connectivity index (χ0v) is 19.9. The number of hydrogen-bond donors (Lipinski definition) is 3. The van der Waals surface area contributed by atoms with E-state index in [1.54, 1.807) is 0 Å². The van der Waals surface area contributed by atoms with Crippen molar-refractivity contribution >= 4 is 18.0 Å². The molecular weight excluding hydrogens is 432 g/mol. The lowest BCUT2D eigenvalue weighted by atomic mass is 9.98. The Morgan fingerprint density at radius 1 is 0.971 bits per heavy atom. The maximum atomic E-state index is 12.4. The number of carbonyl (C=O) groups excluding carboxylic acids is 2. The van der Waals surface area contributed by atoms with Crippen molar-refractivity contribution in [2.24, 2.45) is 5.92 Å². The summed E-state index contributed by atoms with van der Waals surface area (Å²) < 4.78 is 5.56. The van der Waals surface area contributed by atoms with E-state index in [2.05, 4.69) is 34.9 Å². The van der Waals surface area contributed by atoms with E-state index >= 15 is 0 Å². The number of carboxylic acids is 1. The molecule has 2 amide bonds. The molecule has 1 aliphatic carbocycles. The maximum absolute atomic E-state index is 12.4. The van der Waals surface area contributed by atoms with Gasteiger partial charge >= 0.3 is 12.1 Å². The normalized spacial score (nSPS) is 13.9. The first-order valence-corrected chi connectivity index (χ1v) is 12.0. The lowest BCUT2D eigenvalue weighted by Crippen LogP contribution is -2.39. The number of aliphatic carboxylic acids is 1. The van der Waals surface area contributed by atoms with Crippen LogP contribution in [0.25, 0.3) is 11.1 Å². The fourth-order valence-corrected chi connectivity index (χ4v) is 4.57. The highest BCUT2D eigenvalue weighted by Gasteiger charge is 2.29. The molecule has 2 aromatic rings. The third-order valence-corrected chi connectivity index (χ3v) is 6.35. The van der Waals surface area contributed by atoms with E-state index in [4.69, 9.17) is 9.84 Å². The quantitative estimate of drug-likeness (QED) is 0.421. The molecule has 0 saturated heterocycles. The lowest BCUT2D eigenvalue weighted by Gasteiger charge is -2.20. The van der Waals surface area contributed by atoms with Gasteiger partial charge in [-0.15, -0.1) is 0 Å². The monoisotopic (exact) mass is 466 g/mol. The first-order valence-electron chi connectivity index (χ1n) is 12.0. The molecule has 7 nitrogen and oxygen atoms in total. The number of benzene rings is 2. The number of fused-ring (bicyclic) bond motifs is 3. The minimum absolute atomic E-state index is 0.00404. The first-order chi connectivity index (χ1) is 16.4. The molecule has 0 bridgehead atoms. The molecule has 0 aliphatic heterocycles. The van der Waals surface area contributed by atoms with E-state index in [1.807, 2.05) is 38.1 Å². The van der Waals surface area contributed by atoms with Gasteiger partial charge in [-0.05, 0) is 34.6 Å². The van der Waals surface area contributed by atoms with Gasteiger partial charge in [-0.25, -0.2) is 4.79 Å². The average molecular weight is 467 g/mol. The zero-order chi connectivity index (χ0) is 24.5. The van der Waals surface area contributed by atoms with E-state index in [-0.39, 0.29) is 43.2 Å². The van der Waals surface area contributed by atoms with Crippen LogP contribution >= 0.6 is 0 Å². The number of nitrogens with one attached hydrogen (secondary N) is 2. The van der Waals surface area contributed by atoms with Gasteiger partial charge in [0.2, 0.25) is 5.91 Å². The van der Waals surface area contributed by atoms with Gasteiger partial charge in [-0.1, -0.05) is 75.2 Å². The second kappa shape index (κ2) is 12.2. The van der Waals surface area contributed by atoms with Gasteiger partial charge in [-0.2, -0.15) is 0 Å². The summed E-state index contributed by atoms with van der Waals surface area (Å²) in [6, 6.07) is 16.0. The van der Waals surface area contributed by atoms with Crippen LogP contribution in [0.5, 0.6) is 0 Å². The number of hydrogen-bond acceptors (Lipinski definition) is 4. The summed E-state index contributed by atoms with van der Waals surface area (Å²) in [5, 5.41) is 14.6. The van der Waals surface area contributed by atoms with Gasteiger partial charge in [0.15, 0.2) is 0 Å². The number of carboxylic acid groups (broad SMARTS) is 1. The minimum atomic E-state index is -0.928. The van der Waals surface area contributed by atoms with Crippen molar-refractivity contribution in [2.75, 3.05) is 13.2 Å². The fourth-order valence-electron chi connectivity index (χ4n) is 4.57. The Hall–Kier alpha value is -3.35. The third-order valence-electron chi connectivity index (χ3n) is 6.35. The number of alkyl carbamates (subject to hydrolysis) is 1. The third kappa shape index (κ3) is 6.59. The summed E-state index contributed by atoms with van der Waals surface area (Å²) in [6.07, 6.45) is 1.74. The first kappa shape index (κ1) is 25.3. The summed E-state index contributed by atoms with van der Waals surface area (Å²) >= 11 is 0. The highest BCUT2D eigenvalue weighted by molar-refractivity contribution is 5.79. The summed E-state index contributed by atoms with van der Waals surface area (Å²) in [5.41, 5.74) is 4.66.